The molecule has 2 fully saturated rings. The molecule has 1 amide bonds. The number of rotatable bonds is 3. The van der Waals surface area contributed by atoms with Gasteiger partial charge < -0.3 is 14.8 Å². The zero-order chi connectivity index (χ0) is 17.3. The average molecular weight is 334 g/mol. The van der Waals surface area contributed by atoms with Crippen molar-refractivity contribution in [1.29, 1.82) is 0 Å². The number of nitrogens with zero attached hydrogens (tertiary/aromatic N) is 3. The third kappa shape index (κ3) is 3.25. The van der Waals surface area contributed by atoms with E-state index >= 15 is 0 Å². The van der Waals surface area contributed by atoms with Gasteiger partial charge in [-0.3, -0.25) is 14.2 Å². The van der Waals surface area contributed by atoms with Crippen molar-refractivity contribution in [1.82, 2.24) is 14.5 Å². The molecular formula is C17H26N4O3. The van der Waals surface area contributed by atoms with Gasteiger partial charge in [-0.2, -0.15) is 0 Å². The molecule has 1 saturated carbocycles. The summed E-state index contributed by atoms with van der Waals surface area (Å²) in [5.41, 5.74) is -0.0193. The van der Waals surface area contributed by atoms with Crippen LogP contribution in [0.4, 0.5) is 5.69 Å². The van der Waals surface area contributed by atoms with Gasteiger partial charge in [0.2, 0.25) is 5.91 Å². The molecule has 1 aliphatic heterocycles. The minimum atomic E-state index is -0.317. The molecule has 1 aromatic heterocycles. The van der Waals surface area contributed by atoms with Crippen LogP contribution in [-0.4, -0.2) is 34.2 Å². The summed E-state index contributed by atoms with van der Waals surface area (Å²) in [7, 11) is 3.16. The molecule has 0 radical (unpaired) electrons. The number of nitrogens with one attached hydrogen (secondary N) is 1. The first-order chi connectivity index (χ1) is 11.5. The van der Waals surface area contributed by atoms with Crippen LogP contribution in [0, 0.1) is 5.92 Å². The number of aromatic nitrogens is 2. The van der Waals surface area contributed by atoms with Crippen LogP contribution in [0.1, 0.15) is 38.5 Å². The molecule has 2 heterocycles. The van der Waals surface area contributed by atoms with Crippen molar-refractivity contribution >= 4 is 11.6 Å². The molecule has 7 nitrogen and oxygen atoms in total. The molecule has 7 heteroatoms. The van der Waals surface area contributed by atoms with Crippen molar-refractivity contribution < 1.29 is 4.79 Å². The molecule has 1 N–H and O–H groups in total. The fourth-order valence-corrected chi connectivity index (χ4v) is 3.78. The van der Waals surface area contributed by atoms with E-state index in [0.29, 0.717) is 18.8 Å². The van der Waals surface area contributed by atoms with Crippen molar-refractivity contribution in [2.45, 2.75) is 44.6 Å². The van der Waals surface area contributed by atoms with E-state index in [-0.39, 0.29) is 29.1 Å². The van der Waals surface area contributed by atoms with E-state index < -0.39 is 0 Å². The second-order valence-corrected chi connectivity index (χ2v) is 7.02. The third-order valence-corrected chi connectivity index (χ3v) is 5.34. The van der Waals surface area contributed by atoms with E-state index in [2.05, 4.69) is 5.32 Å². The first-order valence-electron chi connectivity index (χ1n) is 8.79. The molecule has 0 bridgehead atoms. The lowest BCUT2D eigenvalue weighted by Gasteiger charge is -2.34. The Morgan fingerprint density at radius 1 is 1.08 bits per heavy atom. The standard InChI is InChI=1S/C17H26N4O3/c1-19-11-14(16(23)20(2)17(19)24)21-9-7-13(8-10-21)18-15(22)12-5-3-4-6-12/h11-13H,3-10H2,1-2H3,(H,18,22). The van der Waals surface area contributed by atoms with Gasteiger partial charge in [-0.15, -0.1) is 0 Å². The highest BCUT2D eigenvalue weighted by Gasteiger charge is 2.27. The van der Waals surface area contributed by atoms with Crippen molar-refractivity contribution in [3.05, 3.63) is 27.0 Å². The number of hydrogen-bond donors (Lipinski definition) is 1. The number of hydrogen-bond acceptors (Lipinski definition) is 4. The van der Waals surface area contributed by atoms with Crippen LogP contribution in [0.25, 0.3) is 0 Å². The fourth-order valence-electron chi connectivity index (χ4n) is 3.78. The molecule has 0 atom stereocenters. The SMILES string of the molecule is Cn1cc(N2CCC(NC(=O)C3CCCC3)CC2)c(=O)n(C)c1=O. The van der Waals surface area contributed by atoms with Gasteiger partial charge in [0, 0.05) is 45.3 Å². The van der Waals surface area contributed by atoms with Gasteiger partial charge >= 0.3 is 5.69 Å². The number of aryl methyl sites for hydroxylation is 1. The van der Waals surface area contributed by atoms with Gasteiger partial charge in [-0.05, 0) is 25.7 Å². The van der Waals surface area contributed by atoms with E-state index in [4.69, 9.17) is 0 Å². The minimum absolute atomic E-state index is 0.186. The maximum atomic E-state index is 12.3. The van der Waals surface area contributed by atoms with Crippen LogP contribution in [0.2, 0.25) is 0 Å². The normalized spacial score (nSPS) is 19.7. The zero-order valence-corrected chi connectivity index (χ0v) is 14.5. The van der Waals surface area contributed by atoms with Crippen molar-refractivity contribution in [3.8, 4) is 0 Å². The summed E-state index contributed by atoms with van der Waals surface area (Å²) in [6.45, 7) is 1.42. The molecular weight excluding hydrogens is 308 g/mol. The summed E-state index contributed by atoms with van der Waals surface area (Å²) in [4.78, 5) is 38.3. The Balaban J connectivity index is 1.62. The summed E-state index contributed by atoms with van der Waals surface area (Å²) in [5.74, 6) is 0.392. The zero-order valence-electron chi connectivity index (χ0n) is 14.5. The summed E-state index contributed by atoms with van der Waals surface area (Å²) >= 11 is 0. The quantitative estimate of drug-likeness (QED) is 0.866. The second-order valence-electron chi connectivity index (χ2n) is 7.02. The Hall–Kier alpha value is -2.05. The Morgan fingerprint density at radius 2 is 1.71 bits per heavy atom. The first-order valence-corrected chi connectivity index (χ1v) is 8.79. The van der Waals surface area contributed by atoms with Gasteiger partial charge in [0.25, 0.3) is 5.56 Å². The van der Waals surface area contributed by atoms with Gasteiger partial charge in [0.05, 0.1) is 0 Å². The maximum absolute atomic E-state index is 12.3. The lowest BCUT2D eigenvalue weighted by Crippen LogP contribution is -2.48. The topological polar surface area (TPSA) is 76.3 Å². The minimum Gasteiger partial charge on any atom is -0.366 e. The van der Waals surface area contributed by atoms with Gasteiger partial charge in [0.1, 0.15) is 5.69 Å². The number of carbonyl (C=O) groups excluding carboxylic acids is 1. The molecule has 1 aromatic rings. The first kappa shape index (κ1) is 16.8. The van der Waals surface area contributed by atoms with Crippen LogP contribution in [0.5, 0.6) is 0 Å². The summed E-state index contributed by atoms with van der Waals surface area (Å²) in [6.07, 6.45) is 7.60. The summed E-state index contributed by atoms with van der Waals surface area (Å²) in [5, 5.41) is 3.18. The molecule has 0 aromatic carbocycles. The summed E-state index contributed by atoms with van der Waals surface area (Å²) in [6, 6.07) is 0.186. The molecule has 2 aliphatic rings. The van der Waals surface area contributed by atoms with Crippen LogP contribution < -0.4 is 21.5 Å². The van der Waals surface area contributed by atoms with Crippen molar-refractivity contribution in [3.63, 3.8) is 0 Å². The van der Waals surface area contributed by atoms with Crippen molar-refractivity contribution in [2.75, 3.05) is 18.0 Å². The summed E-state index contributed by atoms with van der Waals surface area (Å²) < 4.78 is 2.58. The lowest BCUT2D eigenvalue weighted by molar-refractivity contribution is -0.125. The maximum Gasteiger partial charge on any atom is 0.330 e. The van der Waals surface area contributed by atoms with Crippen LogP contribution >= 0.6 is 0 Å². The van der Waals surface area contributed by atoms with Crippen LogP contribution in [0.15, 0.2) is 15.8 Å². The molecule has 1 saturated heterocycles. The Bertz CT molecular complexity index is 722. The van der Waals surface area contributed by atoms with Gasteiger partial charge in [0.15, 0.2) is 0 Å². The monoisotopic (exact) mass is 334 g/mol. The van der Waals surface area contributed by atoms with Crippen LogP contribution in [-0.2, 0) is 18.9 Å². The predicted molar refractivity (Wildman–Crippen MR) is 92.3 cm³/mol. The molecule has 24 heavy (non-hydrogen) atoms. The van der Waals surface area contributed by atoms with E-state index in [9.17, 15) is 14.4 Å². The lowest BCUT2D eigenvalue weighted by atomic mass is 10.0. The molecule has 3 rings (SSSR count). The third-order valence-electron chi connectivity index (χ3n) is 5.34. The predicted octanol–water partition coefficient (Wildman–Crippen LogP) is 0.359. The largest absolute Gasteiger partial charge is 0.366 e. The number of amides is 1. The number of carbonyl (C=O) groups is 1. The Morgan fingerprint density at radius 3 is 2.33 bits per heavy atom. The van der Waals surface area contributed by atoms with E-state index in [1.54, 1.807) is 13.2 Å². The smallest absolute Gasteiger partial charge is 0.330 e. The van der Waals surface area contributed by atoms with E-state index in [1.807, 2.05) is 4.90 Å². The molecule has 1 aliphatic carbocycles. The fraction of sp³-hybridized carbons (Fsp3) is 0.706. The average Bonchev–Trinajstić information content (AvgIpc) is 3.12. The van der Waals surface area contributed by atoms with E-state index in [1.165, 1.54) is 11.6 Å². The highest BCUT2D eigenvalue weighted by atomic mass is 16.2. The second kappa shape index (κ2) is 6.83. The Labute approximate surface area is 141 Å². The van der Waals surface area contributed by atoms with Crippen molar-refractivity contribution in [2.24, 2.45) is 20.0 Å². The molecule has 132 valence electrons. The number of piperidine rings is 1. The van der Waals surface area contributed by atoms with Crippen LogP contribution in [0.3, 0.4) is 0 Å². The Kier molecular flexibility index (Phi) is 4.78. The molecule has 0 unspecified atom stereocenters. The molecule has 0 spiro atoms. The van der Waals surface area contributed by atoms with E-state index in [0.717, 1.165) is 43.1 Å². The van der Waals surface area contributed by atoms with Gasteiger partial charge in [-0.1, -0.05) is 12.8 Å². The highest BCUT2D eigenvalue weighted by Crippen LogP contribution is 2.25. The van der Waals surface area contributed by atoms with Gasteiger partial charge in [-0.25, -0.2) is 4.79 Å². The number of anilines is 1. The highest BCUT2D eigenvalue weighted by molar-refractivity contribution is 5.79.